The molecule has 0 aliphatic heterocycles. The molecule has 39 heavy (non-hydrogen) atoms. The maximum atomic E-state index is 6.46. The van der Waals surface area contributed by atoms with E-state index in [1.54, 1.807) is 0 Å². The molecule has 186 valence electrons. The van der Waals surface area contributed by atoms with E-state index >= 15 is 0 Å². The standard InChI is InChI=1S/C37H26ClN/c1-37(2)31-17-9-16-28(24-11-8-12-25(38)20-24)35(31)29-22-34-30(21-32(29)37)36-27-15-7-6-10-23(27)18-19-33(36)39(34)26-13-4-3-5-14-26/h3-22H,1-2H3. The Morgan fingerprint density at radius 2 is 1.38 bits per heavy atom. The summed E-state index contributed by atoms with van der Waals surface area (Å²) in [5.41, 5.74) is 11.3. The van der Waals surface area contributed by atoms with Crippen molar-refractivity contribution in [2.24, 2.45) is 0 Å². The summed E-state index contributed by atoms with van der Waals surface area (Å²) in [5.74, 6) is 0. The summed E-state index contributed by atoms with van der Waals surface area (Å²) in [5, 5.41) is 5.94. The van der Waals surface area contributed by atoms with Gasteiger partial charge in [0.25, 0.3) is 0 Å². The van der Waals surface area contributed by atoms with Gasteiger partial charge in [-0.3, -0.25) is 0 Å². The van der Waals surface area contributed by atoms with Gasteiger partial charge in [-0.25, -0.2) is 0 Å². The minimum absolute atomic E-state index is 0.126. The second-order valence-corrected chi connectivity index (χ2v) is 11.6. The van der Waals surface area contributed by atoms with E-state index in [2.05, 4.69) is 128 Å². The molecule has 0 N–H and O–H groups in total. The summed E-state index contributed by atoms with van der Waals surface area (Å²) in [6, 6.07) is 43.9. The first-order valence-corrected chi connectivity index (χ1v) is 13.9. The highest BCUT2D eigenvalue weighted by Crippen LogP contribution is 2.54. The molecule has 0 amide bonds. The van der Waals surface area contributed by atoms with E-state index in [9.17, 15) is 0 Å². The molecule has 0 fully saturated rings. The zero-order valence-corrected chi connectivity index (χ0v) is 22.6. The molecule has 2 heteroatoms. The summed E-state index contributed by atoms with van der Waals surface area (Å²) in [6.45, 7) is 4.72. The predicted octanol–water partition coefficient (Wildman–Crippen LogP) is 10.6. The van der Waals surface area contributed by atoms with Crippen molar-refractivity contribution in [3.05, 3.63) is 137 Å². The lowest BCUT2D eigenvalue weighted by atomic mass is 9.81. The highest BCUT2D eigenvalue weighted by molar-refractivity contribution is 6.31. The van der Waals surface area contributed by atoms with Crippen molar-refractivity contribution in [1.82, 2.24) is 4.57 Å². The molecule has 0 unspecified atom stereocenters. The number of benzene rings is 6. The van der Waals surface area contributed by atoms with Crippen molar-refractivity contribution < 1.29 is 0 Å². The fourth-order valence-electron chi connectivity index (χ4n) is 6.82. The van der Waals surface area contributed by atoms with Crippen LogP contribution in [0.5, 0.6) is 0 Å². The van der Waals surface area contributed by atoms with Gasteiger partial charge in [0.2, 0.25) is 0 Å². The van der Waals surface area contributed by atoms with Crippen LogP contribution in [0.1, 0.15) is 25.0 Å². The summed E-state index contributed by atoms with van der Waals surface area (Å²) in [4.78, 5) is 0. The van der Waals surface area contributed by atoms with Gasteiger partial charge in [-0.05, 0) is 86.6 Å². The maximum absolute atomic E-state index is 6.46. The molecule has 0 bridgehead atoms. The summed E-state index contributed by atoms with van der Waals surface area (Å²) < 4.78 is 2.43. The van der Waals surface area contributed by atoms with Crippen LogP contribution in [-0.4, -0.2) is 4.57 Å². The lowest BCUT2D eigenvalue weighted by molar-refractivity contribution is 0.661. The minimum atomic E-state index is -0.126. The first-order chi connectivity index (χ1) is 19.0. The lowest BCUT2D eigenvalue weighted by Gasteiger charge is -2.22. The monoisotopic (exact) mass is 519 g/mol. The van der Waals surface area contributed by atoms with Crippen LogP contribution >= 0.6 is 11.6 Å². The Morgan fingerprint density at radius 1 is 0.590 bits per heavy atom. The molecule has 8 rings (SSSR count). The molecule has 1 aliphatic rings. The topological polar surface area (TPSA) is 4.93 Å². The number of rotatable bonds is 2. The van der Waals surface area contributed by atoms with Crippen molar-refractivity contribution >= 4 is 44.2 Å². The van der Waals surface area contributed by atoms with Gasteiger partial charge in [-0.2, -0.15) is 0 Å². The SMILES string of the molecule is CC1(C)c2cc3c4c5ccccc5ccc4n(-c4ccccc4)c3cc2-c2c(-c3cccc(Cl)c3)cccc21. The fraction of sp³-hybridized carbons (Fsp3) is 0.0811. The number of halogens is 1. The van der Waals surface area contributed by atoms with Gasteiger partial charge in [-0.15, -0.1) is 0 Å². The van der Waals surface area contributed by atoms with E-state index in [-0.39, 0.29) is 5.41 Å². The molecule has 1 aliphatic carbocycles. The van der Waals surface area contributed by atoms with Gasteiger partial charge < -0.3 is 4.57 Å². The highest BCUT2D eigenvalue weighted by Gasteiger charge is 2.38. The number of hydrogen-bond acceptors (Lipinski definition) is 0. The Morgan fingerprint density at radius 3 is 2.23 bits per heavy atom. The van der Waals surface area contributed by atoms with Gasteiger partial charge in [0.05, 0.1) is 11.0 Å². The Balaban J connectivity index is 1.54. The molecular formula is C37H26ClN. The Kier molecular flexibility index (Phi) is 4.69. The van der Waals surface area contributed by atoms with Gasteiger partial charge >= 0.3 is 0 Å². The molecule has 1 heterocycles. The largest absolute Gasteiger partial charge is 0.309 e. The third-order valence-corrected chi connectivity index (χ3v) is 8.86. The van der Waals surface area contributed by atoms with Crippen LogP contribution < -0.4 is 0 Å². The molecule has 1 nitrogen and oxygen atoms in total. The second kappa shape index (κ2) is 8.09. The predicted molar refractivity (Wildman–Crippen MR) is 166 cm³/mol. The van der Waals surface area contributed by atoms with Crippen LogP contribution in [0.2, 0.25) is 5.02 Å². The zero-order valence-electron chi connectivity index (χ0n) is 21.9. The Bertz CT molecular complexity index is 2100. The quantitative estimate of drug-likeness (QED) is 0.214. The number of hydrogen-bond donors (Lipinski definition) is 0. The summed E-state index contributed by atoms with van der Waals surface area (Å²) in [7, 11) is 0. The molecule has 0 saturated heterocycles. The maximum Gasteiger partial charge on any atom is 0.0547 e. The second-order valence-electron chi connectivity index (χ2n) is 11.1. The Labute approximate surface area is 232 Å². The molecule has 7 aromatic rings. The van der Waals surface area contributed by atoms with Crippen LogP contribution in [0.4, 0.5) is 0 Å². The molecule has 0 atom stereocenters. The summed E-state index contributed by atoms with van der Waals surface area (Å²) in [6.07, 6.45) is 0. The average molecular weight is 520 g/mol. The fourth-order valence-corrected chi connectivity index (χ4v) is 7.01. The van der Waals surface area contributed by atoms with E-state index in [4.69, 9.17) is 11.6 Å². The zero-order chi connectivity index (χ0) is 26.3. The first-order valence-electron chi connectivity index (χ1n) is 13.5. The third-order valence-electron chi connectivity index (χ3n) is 8.62. The van der Waals surface area contributed by atoms with Crippen molar-refractivity contribution in [3.63, 3.8) is 0 Å². The smallest absolute Gasteiger partial charge is 0.0547 e. The van der Waals surface area contributed by atoms with Crippen LogP contribution in [0.15, 0.2) is 121 Å². The number of para-hydroxylation sites is 1. The third kappa shape index (κ3) is 3.14. The number of nitrogens with zero attached hydrogens (tertiary/aromatic N) is 1. The van der Waals surface area contributed by atoms with E-state index < -0.39 is 0 Å². The molecule has 0 radical (unpaired) electrons. The Hall–Kier alpha value is -4.33. The van der Waals surface area contributed by atoms with Gasteiger partial charge in [0.1, 0.15) is 0 Å². The lowest BCUT2D eigenvalue weighted by Crippen LogP contribution is -2.14. The number of fused-ring (bicyclic) bond motifs is 8. The van der Waals surface area contributed by atoms with Gasteiger partial charge in [0, 0.05) is 26.9 Å². The van der Waals surface area contributed by atoms with E-state index in [1.807, 2.05) is 12.1 Å². The van der Waals surface area contributed by atoms with Crippen LogP contribution in [0.25, 0.3) is 60.5 Å². The molecule has 0 spiro atoms. The molecular weight excluding hydrogens is 494 g/mol. The van der Waals surface area contributed by atoms with Crippen LogP contribution in [-0.2, 0) is 5.41 Å². The van der Waals surface area contributed by atoms with Gasteiger partial charge in [-0.1, -0.05) is 104 Å². The van der Waals surface area contributed by atoms with Crippen molar-refractivity contribution in [1.29, 1.82) is 0 Å². The number of aromatic nitrogens is 1. The normalized spacial score (nSPS) is 13.7. The van der Waals surface area contributed by atoms with E-state index in [0.717, 1.165) is 10.6 Å². The first kappa shape index (κ1) is 22.6. The molecule has 0 saturated carbocycles. The van der Waals surface area contributed by atoms with Crippen LogP contribution in [0, 0.1) is 0 Å². The van der Waals surface area contributed by atoms with Crippen molar-refractivity contribution in [2.75, 3.05) is 0 Å². The van der Waals surface area contributed by atoms with Crippen molar-refractivity contribution in [3.8, 4) is 27.9 Å². The van der Waals surface area contributed by atoms with Gasteiger partial charge in [0.15, 0.2) is 0 Å². The highest BCUT2D eigenvalue weighted by atomic mass is 35.5. The van der Waals surface area contributed by atoms with Crippen LogP contribution in [0.3, 0.4) is 0 Å². The minimum Gasteiger partial charge on any atom is -0.309 e. The molecule has 6 aromatic carbocycles. The molecule has 1 aromatic heterocycles. The summed E-state index contributed by atoms with van der Waals surface area (Å²) >= 11 is 6.46. The van der Waals surface area contributed by atoms with Crippen molar-refractivity contribution in [2.45, 2.75) is 19.3 Å². The van der Waals surface area contributed by atoms with E-state index in [1.165, 1.54) is 66.1 Å². The van der Waals surface area contributed by atoms with E-state index in [0.29, 0.717) is 0 Å². The average Bonchev–Trinajstić information content (AvgIpc) is 3.41.